The largest absolute Gasteiger partial charge is 0.449 e. The van der Waals surface area contributed by atoms with E-state index >= 15 is 0 Å². The average Bonchev–Trinajstić information content (AvgIpc) is 3.01. The van der Waals surface area contributed by atoms with Gasteiger partial charge in [0.2, 0.25) is 0 Å². The Morgan fingerprint density at radius 2 is 0.900 bits per heavy atom. The molecule has 0 bridgehead atoms. The monoisotopic (exact) mass is 583 g/mol. The van der Waals surface area contributed by atoms with Gasteiger partial charge in [0.1, 0.15) is 0 Å². The maximum absolute atomic E-state index is 6.24. The SMILES string of the molecule is Cc1cc2c(cc1Br)Oc1ccc(-c3nc(-c4ccccc4)nc(-c4ccc(-c5ccccc5)cc4)n3)cc1O2. The first kappa shape index (κ1) is 24.2. The van der Waals surface area contributed by atoms with Crippen LogP contribution in [-0.4, -0.2) is 15.0 Å². The van der Waals surface area contributed by atoms with Gasteiger partial charge in [-0.3, -0.25) is 0 Å². The summed E-state index contributed by atoms with van der Waals surface area (Å²) >= 11 is 3.57. The molecule has 0 atom stereocenters. The number of benzene rings is 5. The van der Waals surface area contributed by atoms with Gasteiger partial charge in [-0.05, 0) is 53.9 Å². The summed E-state index contributed by atoms with van der Waals surface area (Å²) in [6, 6.07) is 38.2. The van der Waals surface area contributed by atoms with Crippen LogP contribution in [0.15, 0.2) is 120 Å². The van der Waals surface area contributed by atoms with Crippen LogP contribution in [0.3, 0.4) is 0 Å². The Morgan fingerprint density at radius 3 is 1.57 bits per heavy atom. The van der Waals surface area contributed by atoms with Crippen LogP contribution in [0.25, 0.3) is 45.3 Å². The van der Waals surface area contributed by atoms with E-state index in [-0.39, 0.29) is 0 Å². The summed E-state index contributed by atoms with van der Waals surface area (Å²) in [6.45, 7) is 2.02. The highest BCUT2D eigenvalue weighted by atomic mass is 79.9. The molecule has 0 amide bonds. The second-order valence-corrected chi connectivity index (χ2v) is 10.4. The zero-order chi connectivity index (χ0) is 27.1. The van der Waals surface area contributed by atoms with Crippen LogP contribution in [0.1, 0.15) is 5.56 Å². The van der Waals surface area contributed by atoms with Gasteiger partial charge >= 0.3 is 0 Å². The lowest BCUT2D eigenvalue weighted by Crippen LogP contribution is -2.02. The molecule has 1 aliphatic rings. The fourth-order valence-electron chi connectivity index (χ4n) is 4.64. The zero-order valence-electron chi connectivity index (χ0n) is 21.5. The van der Waals surface area contributed by atoms with E-state index in [0.29, 0.717) is 40.5 Å². The van der Waals surface area contributed by atoms with Crippen LogP contribution in [0.2, 0.25) is 0 Å². The van der Waals surface area contributed by atoms with Crippen molar-refractivity contribution in [3.63, 3.8) is 0 Å². The maximum Gasteiger partial charge on any atom is 0.171 e. The summed E-state index contributed by atoms with van der Waals surface area (Å²) in [5, 5.41) is 0. The fraction of sp³-hybridized carbons (Fsp3) is 0.0294. The molecular weight excluding hydrogens is 562 g/mol. The molecule has 0 fully saturated rings. The Hall–Kier alpha value is -4.81. The van der Waals surface area contributed by atoms with Crippen molar-refractivity contribution in [2.24, 2.45) is 0 Å². The van der Waals surface area contributed by atoms with Gasteiger partial charge in [-0.1, -0.05) is 101 Å². The van der Waals surface area contributed by atoms with Gasteiger partial charge in [-0.2, -0.15) is 0 Å². The van der Waals surface area contributed by atoms with Gasteiger partial charge in [0.25, 0.3) is 0 Å². The second kappa shape index (κ2) is 10.1. The van der Waals surface area contributed by atoms with Crippen molar-refractivity contribution in [2.75, 3.05) is 0 Å². The summed E-state index contributed by atoms with van der Waals surface area (Å²) in [7, 11) is 0. The number of hydrogen-bond donors (Lipinski definition) is 0. The third-order valence-corrected chi connectivity index (χ3v) is 7.64. The number of rotatable bonds is 4. The number of nitrogens with zero attached hydrogens (tertiary/aromatic N) is 3. The normalized spacial score (nSPS) is 11.7. The van der Waals surface area contributed by atoms with Crippen LogP contribution < -0.4 is 9.47 Å². The van der Waals surface area contributed by atoms with Crippen LogP contribution in [-0.2, 0) is 0 Å². The third-order valence-electron chi connectivity index (χ3n) is 6.78. The number of ether oxygens (including phenoxy) is 2. The van der Waals surface area contributed by atoms with E-state index in [9.17, 15) is 0 Å². The van der Waals surface area contributed by atoms with Gasteiger partial charge in [0.15, 0.2) is 40.5 Å². The van der Waals surface area contributed by atoms with Crippen molar-refractivity contribution in [1.82, 2.24) is 15.0 Å². The molecule has 0 saturated carbocycles. The molecule has 0 unspecified atom stereocenters. The molecule has 2 heterocycles. The van der Waals surface area contributed by atoms with Gasteiger partial charge in [0.05, 0.1) is 0 Å². The van der Waals surface area contributed by atoms with Crippen molar-refractivity contribution < 1.29 is 9.47 Å². The minimum Gasteiger partial charge on any atom is -0.449 e. The van der Waals surface area contributed by atoms with E-state index < -0.39 is 0 Å². The van der Waals surface area contributed by atoms with Gasteiger partial charge in [-0.15, -0.1) is 0 Å². The van der Waals surface area contributed by atoms with E-state index in [4.69, 9.17) is 24.4 Å². The minimum absolute atomic E-state index is 0.556. The Morgan fingerprint density at radius 1 is 0.450 bits per heavy atom. The standard InChI is InChI=1S/C34H22BrN3O2/c1-21-18-29-31(20-27(21)35)39-28-17-16-26(19-30(28)40-29)34-37-32(24-10-6-3-7-11-24)36-33(38-34)25-14-12-23(13-15-25)22-8-4-2-5-9-22/h2-20H,1H3. The molecule has 0 saturated heterocycles. The Bertz CT molecular complexity index is 1860. The first-order valence-corrected chi connectivity index (χ1v) is 13.7. The van der Waals surface area contributed by atoms with E-state index in [1.165, 1.54) is 0 Å². The molecule has 0 aliphatic carbocycles. The fourth-order valence-corrected chi connectivity index (χ4v) is 4.96. The highest BCUT2D eigenvalue weighted by Gasteiger charge is 2.22. The predicted octanol–water partition coefficient (Wildman–Crippen LogP) is 9.51. The molecule has 0 spiro atoms. The topological polar surface area (TPSA) is 57.1 Å². The number of hydrogen-bond acceptors (Lipinski definition) is 5. The lowest BCUT2D eigenvalue weighted by molar-refractivity contribution is 0.359. The van der Waals surface area contributed by atoms with Crippen LogP contribution in [0.5, 0.6) is 23.0 Å². The van der Waals surface area contributed by atoms with Gasteiger partial charge < -0.3 is 9.47 Å². The average molecular weight is 584 g/mol. The molecule has 40 heavy (non-hydrogen) atoms. The van der Waals surface area contributed by atoms with E-state index in [1.807, 2.05) is 85.8 Å². The molecule has 0 N–H and O–H groups in total. The summed E-state index contributed by atoms with van der Waals surface area (Å²) in [4.78, 5) is 14.6. The van der Waals surface area contributed by atoms with E-state index in [1.54, 1.807) is 0 Å². The van der Waals surface area contributed by atoms with E-state index in [0.717, 1.165) is 37.9 Å². The summed E-state index contributed by atoms with van der Waals surface area (Å²) < 4.78 is 13.3. The summed E-state index contributed by atoms with van der Waals surface area (Å²) in [5.74, 6) is 4.36. The molecule has 6 aromatic rings. The Kier molecular flexibility index (Phi) is 6.10. The number of aryl methyl sites for hydroxylation is 1. The van der Waals surface area contributed by atoms with Gasteiger partial charge in [0, 0.05) is 21.2 Å². The van der Waals surface area contributed by atoms with Crippen LogP contribution in [0, 0.1) is 6.92 Å². The molecule has 5 nitrogen and oxygen atoms in total. The van der Waals surface area contributed by atoms with Crippen LogP contribution in [0.4, 0.5) is 0 Å². The lowest BCUT2D eigenvalue weighted by atomic mass is 10.0. The van der Waals surface area contributed by atoms with Crippen molar-refractivity contribution in [3.8, 4) is 68.3 Å². The molecule has 1 aromatic heterocycles. The first-order chi connectivity index (χ1) is 19.6. The Labute approximate surface area is 240 Å². The minimum atomic E-state index is 0.556. The highest BCUT2D eigenvalue weighted by molar-refractivity contribution is 9.10. The Balaban J connectivity index is 1.30. The second-order valence-electron chi connectivity index (χ2n) is 9.53. The lowest BCUT2D eigenvalue weighted by Gasteiger charge is -2.22. The first-order valence-electron chi connectivity index (χ1n) is 12.9. The molecule has 6 heteroatoms. The van der Waals surface area contributed by atoms with Crippen molar-refractivity contribution in [2.45, 2.75) is 6.92 Å². The molecule has 7 rings (SSSR count). The quantitative estimate of drug-likeness (QED) is 0.206. The van der Waals surface area contributed by atoms with Crippen molar-refractivity contribution in [1.29, 1.82) is 0 Å². The maximum atomic E-state index is 6.24. The van der Waals surface area contributed by atoms with E-state index in [2.05, 4.69) is 52.3 Å². The number of aromatic nitrogens is 3. The number of halogens is 1. The molecular formula is C34H22BrN3O2. The molecule has 1 aliphatic heterocycles. The molecule has 0 radical (unpaired) electrons. The zero-order valence-corrected chi connectivity index (χ0v) is 23.1. The molecule has 5 aromatic carbocycles. The highest BCUT2D eigenvalue weighted by Crippen LogP contribution is 2.48. The third kappa shape index (κ3) is 4.63. The molecule has 192 valence electrons. The van der Waals surface area contributed by atoms with Crippen molar-refractivity contribution >= 4 is 15.9 Å². The van der Waals surface area contributed by atoms with Crippen LogP contribution >= 0.6 is 15.9 Å². The summed E-state index contributed by atoms with van der Waals surface area (Å²) in [6.07, 6.45) is 0. The van der Waals surface area contributed by atoms with Crippen molar-refractivity contribution in [3.05, 3.63) is 125 Å². The van der Waals surface area contributed by atoms with Gasteiger partial charge in [-0.25, -0.2) is 15.0 Å². The number of fused-ring (bicyclic) bond motifs is 2. The summed E-state index contributed by atoms with van der Waals surface area (Å²) in [5.41, 5.74) is 6.00. The smallest absolute Gasteiger partial charge is 0.171 e. The predicted molar refractivity (Wildman–Crippen MR) is 161 cm³/mol.